The molecule has 0 radical (unpaired) electrons. The molecule has 1 aliphatic rings. The topological polar surface area (TPSA) is 84.9 Å². The first kappa shape index (κ1) is 22.9. The molecule has 0 aliphatic heterocycles. The van der Waals surface area contributed by atoms with Gasteiger partial charge in [-0.1, -0.05) is 13.0 Å². The molecule has 0 unspecified atom stereocenters. The molecule has 0 saturated heterocycles. The summed E-state index contributed by atoms with van der Waals surface area (Å²) in [5.41, 5.74) is 2.86. The molecule has 0 bridgehead atoms. The number of hydrogen-bond donors (Lipinski definition) is 1. The molecule has 0 heterocycles. The van der Waals surface area contributed by atoms with Crippen molar-refractivity contribution in [2.24, 2.45) is 0 Å². The molecule has 8 heteroatoms. The lowest BCUT2D eigenvalue weighted by Gasteiger charge is -2.28. The third kappa shape index (κ3) is 5.50. The van der Waals surface area contributed by atoms with Crippen LogP contribution in [0.2, 0.25) is 0 Å². The molecule has 0 saturated carbocycles. The second-order valence-electron chi connectivity index (χ2n) is 7.76. The highest BCUT2D eigenvalue weighted by Crippen LogP contribution is 2.32. The summed E-state index contributed by atoms with van der Waals surface area (Å²) < 4.78 is 35.8. The molecule has 2 atom stereocenters. The molecule has 0 spiro atoms. The Morgan fingerprint density at radius 3 is 2.48 bits per heavy atom. The Hall–Kier alpha value is -2.74. The third-order valence-corrected chi connectivity index (χ3v) is 6.83. The number of aryl methyl sites for hydroxylation is 1. The lowest BCUT2D eigenvalue weighted by atomic mass is 9.87. The first-order valence-electron chi connectivity index (χ1n) is 10.4. The van der Waals surface area contributed by atoms with E-state index in [9.17, 15) is 13.2 Å². The maximum atomic E-state index is 12.9. The summed E-state index contributed by atoms with van der Waals surface area (Å²) >= 11 is 0. The van der Waals surface area contributed by atoms with Gasteiger partial charge in [0.1, 0.15) is 11.5 Å². The molecule has 0 fully saturated rings. The summed E-state index contributed by atoms with van der Waals surface area (Å²) in [6.07, 6.45) is 3.88. The monoisotopic (exact) mass is 446 g/mol. The molecule has 0 aromatic heterocycles. The van der Waals surface area contributed by atoms with E-state index < -0.39 is 16.1 Å². The number of ether oxygens (including phenoxy) is 2. The van der Waals surface area contributed by atoms with Crippen LogP contribution in [0.5, 0.6) is 11.5 Å². The number of methoxy groups -OCH3 is 1. The third-order valence-electron chi connectivity index (χ3n) is 5.62. The summed E-state index contributed by atoms with van der Waals surface area (Å²) in [5, 5.41) is 3.14. The quantitative estimate of drug-likeness (QED) is 0.671. The van der Waals surface area contributed by atoms with Crippen molar-refractivity contribution in [2.75, 3.05) is 24.7 Å². The summed E-state index contributed by atoms with van der Waals surface area (Å²) in [6.45, 7) is 1.90. The second kappa shape index (κ2) is 9.60. The first-order chi connectivity index (χ1) is 14.7. The zero-order chi connectivity index (χ0) is 22.6. The van der Waals surface area contributed by atoms with Gasteiger partial charge in [0.15, 0.2) is 6.10 Å². The van der Waals surface area contributed by atoms with Crippen LogP contribution in [0, 0.1) is 0 Å². The van der Waals surface area contributed by atoms with Crippen LogP contribution in [-0.4, -0.2) is 40.8 Å². The molecule has 3 rings (SSSR count). The summed E-state index contributed by atoms with van der Waals surface area (Å²) in [4.78, 5) is 12.9. The number of sulfonamides is 1. The average Bonchev–Trinajstić information content (AvgIpc) is 2.76. The van der Waals surface area contributed by atoms with E-state index in [0.717, 1.165) is 36.8 Å². The van der Waals surface area contributed by atoms with E-state index in [2.05, 4.69) is 5.32 Å². The van der Waals surface area contributed by atoms with Crippen LogP contribution in [0.3, 0.4) is 0 Å². The Morgan fingerprint density at radius 2 is 1.87 bits per heavy atom. The molecule has 1 aliphatic carbocycles. The molecule has 7 nitrogen and oxygen atoms in total. The number of nitrogens with zero attached hydrogens (tertiary/aromatic N) is 1. The Balaban J connectivity index is 1.68. The zero-order valence-corrected chi connectivity index (χ0v) is 19.2. The number of carbonyl (C=O) groups is 1. The highest BCUT2D eigenvalue weighted by molar-refractivity contribution is 7.92. The molecule has 1 N–H and O–H groups in total. The van der Waals surface area contributed by atoms with Crippen LogP contribution < -0.4 is 19.1 Å². The van der Waals surface area contributed by atoms with Gasteiger partial charge in [-0.3, -0.25) is 9.10 Å². The lowest BCUT2D eigenvalue weighted by Crippen LogP contribution is -2.41. The van der Waals surface area contributed by atoms with Crippen LogP contribution in [0.4, 0.5) is 5.69 Å². The number of fused-ring (bicyclic) bond motifs is 1. The van der Waals surface area contributed by atoms with Gasteiger partial charge in [-0.2, -0.15) is 0 Å². The fraction of sp³-hybridized carbons (Fsp3) is 0.435. The summed E-state index contributed by atoms with van der Waals surface area (Å²) in [6, 6.07) is 12.6. The Labute approximate surface area is 184 Å². The summed E-state index contributed by atoms with van der Waals surface area (Å²) in [5.74, 6) is 1.18. The Morgan fingerprint density at radius 1 is 1.19 bits per heavy atom. The predicted octanol–water partition coefficient (Wildman–Crippen LogP) is 3.44. The smallest absolute Gasteiger partial charge is 0.261 e. The molecule has 1 amide bonds. The molecule has 31 heavy (non-hydrogen) atoms. The van der Waals surface area contributed by atoms with E-state index in [4.69, 9.17) is 9.47 Å². The zero-order valence-electron chi connectivity index (χ0n) is 18.4. The van der Waals surface area contributed by atoms with Crippen molar-refractivity contribution >= 4 is 21.6 Å². The summed E-state index contributed by atoms with van der Waals surface area (Å²) in [7, 11) is -0.192. The standard InChI is InChI=1S/C23H30N2O5S/c1-5-22(30-18-11-9-17(10-12-18)25(2)31(4,27)28)23(26)24-21-8-6-7-16-15-19(29-3)13-14-20(16)21/h9-15,21-22H,5-8H2,1-4H3,(H,24,26)/t21-,22-/m0/s1. The number of nitrogens with one attached hydrogen (secondary N) is 1. The van der Waals surface area contributed by atoms with Crippen molar-refractivity contribution in [1.29, 1.82) is 0 Å². The fourth-order valence-corrected chi connectivity index (χ4v) is 4.25. The normalized spacial score (nSPS) is 16.7. The minimum atomic E-state index is -3.33. The van der Waals surface area contributed by atoms with Crippen LogP contribution in [-0.2, 0) is 21.2 Å². The van der Waals surface area contributed by atoms with Crippen molar-refractivity contribution in [1.82, 2.24) is 5.32 Å². The van der Waals surface area contributed by atoms with Crippen LogP contribution >= 0.6 is 0 Å². The lowest BCUT2D eigenvalue weighted by molar-refractivity contribution is -0.129. The predicted molar refractivity (Wildman–Crippen MR) is 121 cm³/mol. The molecule has 2 aromatic carbocycles. The van der Waals surface area contributed by atoms with Gasteiger partial charge in [0.25, 0.3) is 5.91 Å². The van der Waals surface area contributed by atoms with Gasteiger partial charge in [0.2, 0.25) is 10.0 Å². The first-order valence-corrected chi connectivity index (χ1v) is 12.3. The van der Waals surface area contributed by atoms with E-state index in [1.54, 1.807) is 31.4 Å². The van der Waals surface area contributed by atoms with Crippen LogP contribution in [0.25, 0.3) is 0 Å². The van der Waals surface area contributed by atoms with Crippen molar-refractivity contribution in [3.05, 3.63) is 53.6 Å². The van der Waals surface area contributed by atoms with Crippen LogP contribution in [0.15, 0.2) is 42.5 Å². The van der Waals surface area contributed by atoms with Crippen LogP contribution in [0.1, 0.15) is 43.4 Å². The molecular formula is C23H30N2O5S. The molecular weight excluding hydrogens is 416 g/mol. The van der Waals surface area contributed by atoms with Gasteiger partial charge < -0.3 is 14.8 Å². The second-order valence-corrected chi connectivity index (χ2v) is 9.77. The fourth-order valence-electron chi connectivity index (χ4n) is 3.74. The van der Waals surface area contributed by atoms with E-state index in [-0.39, 0.29) is 11.9 Å². The van der Waals surface area contributed by atoms with E-state index >= 15 is 0 Å². The Bertz CT molecular complexity index is 1020. The van der Waals surface area contributed by atoms with E-state index in [1.807, 2.05) is 25.1 Å². The SMILES string of the molecule is CC[C@H](Oc1ccc(N(C)S(C)(=O)=O)cc1)C(=O)N[C@H]1CCCc2cc(OC)ccc21. The van der Waals surface area contributed by atoms with Gasteiger partial charge in [0, 0.05) is 7.05 Å². The Kier molecular flexibility index (Phi) is 7.10. The van der Waals surface area contributed by atoms with Gasteiger partial charge in [-0.05, 0) is 73.2 Å². The van der Waals surface area contributed by atoms with Gasteiger partial charge in [0.05, 0.1) is 25.1 Å². The molecule has 168 valence electrons. The largest absolute Gasteiger partial charge is 0.497 e. The van der Waals surface area contributed by atoms with Crippen molar-refractivity contribution in [2.45, 2.75) is 44.8 Å². The maximum Gasteiger partial charge on any atom is 0.261 e. The highest BCUT2D eigenvalue weighted by atomic mass is 32.2. The average molecular weight is 447 g/mol. The van der Waals surface area contributed by atoms with Gasteiger partial charge in [-0.25, -0.2) is 8.42 Å². The molecule has 2 aromatic rings. The number of carbonyl (C=O) groups excluding carboxylic acids is 1. The number of benzene rings is 2. The number of anilines is 1. The van der Waals surface area contributed by atoms with Crippen molar-refractivity contribution < 1.29 is 22.7 Å². The van der Waals surface area contributed by atoms with Crippen molar-refractivity contribution in [3.8, 4) is 11.5 Å². The van der Waals surface area contributed by atoms with E-state index in [0.29, 0.717) is 17.9 Å². The minimum absolute atomic E-state index is 0.0504. The van der Waals surface area contributed by atoms with E-state index in [1.165, 1.54) is 16.9 Å². The number of hydrogen-bond acceptors (Lipinski definition) is 5. The number of amides is 1. The van der Waals surface area contributed by atoms with Gasteiger partial charge >= 0.3 is 0 Å². The number of rotatable bonds is 8. The van der Waals surface area contributed by atoms with Gasteiger partial charge in [-0.15, -0.1) is 0 Å². The maximum absolute atomic E-state index is 12.9. The minimum Gasteiger partial charge on any atom is -0.497 e. The van der Waals surface area contributed by atoms with Crippen molar-refractivity contribution in [3.63, 3.8) is 0 Å². The highest BCUT2D eigenvalue weighted by Gasteiger charge is 2.26.